The second kappa shape index (κ2) is 7.08. The molecule has 1 saturated heterocycles. The van der Waals surface area contributed by atoms with Crippen LogP contribution >= 0.6 is 0 Å². The molecule has 0 aromatic heterocycles. The second-order valence-electron chi connectivity index (χ2n) is 5.72. The first-order valence-corrected chi connectivity index (χ1v) is 8.20. The number of benzene rings is 1. The summed E-state index contributed by atoms with van der Waals surface area (Å²) in [6, 6.07) is 7.64. The van der Waals surface area contributed by atoms with E-state index in [1.54, 1.807) is 0 Å². The van der Waals surface area contributed by atoms with Gasteiger partial charge in [-0.15, -0.1) is 0 Å². The van der Waals surface area contributed by atoms with Gasteiger partial charge >= 0.3 is 0 Å². The van der Waals surface area contributed by atoms with Gasteiger partial charge in [0.1, 0.15) is 5.75 Å². The van der Waals surface area contributed by atoms with Crippen LogP contribution in [0.4, 0.5) is 0 Å². The van der Waals surface area contributed by atoms with Crippen LogP contribution < -0.4 is 4.74 Å². The van der Waals surface area contributed by atoms with Crippen molar-refractivity contribution < 1.29 is 9.53 Å². The van der Waals surface area contributed by atoms with Gasteiger partial charge in [-0.2, -0.15) is 0 Å². The minimum absolute atomic E-state index is 0.246. The smallest absolute Gasteiger partial charge is 0.183 e. The Morgan fingerprint density at radius 2 is 1.86 bits per heavy atom. The predicted molar refractivity (Wildman–Crippen MR) is 86.1 cm³/mol. The number of ether oxygens (including phenoxy) is 1. The van der Waals surface area contributed by atoms with Crippen molar-refractivity contribution in [1.82, 2.24) is 4.90 Å². The Balaban J connectivity index is 2.31. The van der Waals surface area contributed by atoms with Gasteiger partial charge < -0.3 is 4.74 Å². The summed E-state index contributed by atoms with van der Waals surface area (Å²) in [4.78, 5) is 15.6. The van der Waals surface area contributed by atoms with Crippen molar-refractivity contribution in [1.29, 1.82) is 0 Å². The first-order valence-electron chi connectivity index (χ1n) is 8.20. The van der Waals surface area contributed by atoms with E-state index in [1.807, 2.05) is 31.2 Å². The predicted octanol–water partition coefficient (Wildman–Crippen LogP) is 3.92. The summed E-state index contributed by atoms with van der Waals surface area (Å²) in [6.45, 7) is 8.92. The molecule has 1 heterocycles. The third-order valence-corrected chi connectivity index (χ3v) is 4.71. The topological polar surface area (TPSA) is 29.5 Å². The first kappa shape index (κ1) is 16.0. The minimum atomic E-state index is -0.346. The molecule has 0 amide bonds. The summed E-state index contributed by atoms with van der Waals surface area (Å²) in [6.07, 6.45) is 4.13. The van der Waals surface area contributed by atoms with Gasteiger partial charge in [-0.3, -0.25) is 9.69 Å². The van der Waals surface area contributed by atoms with E-state index in [0.717, 1.165) is 37.2 Å². The highest BCUT2D eigenvalue weighted by Gasteiger charge is 2.42. The molecule has 0 aliphatic carbocycles. The second-order valence-corrected chi connectivity index (χ2v) is 5.72. The summed E-state index contributed by atoms with van der Waals surface area (Å²) < 4.78 is 5.54. The number of carbonyl (C=O) groups is 1. The molecule has 1 aliphatic rings. The van der Waals surface area contributed by atoms with E-state index in [-0.39, 0.29) is 11.3 Å². The molecule has 2 rings (SSSR count). The summed E-state index contributed by atoms with van der Waals surface area (Å²) in [5, 5.41) is 0. The van der Waals surface area contributed by atoms with E-state index in [1.165, 1.54) is 12.8 Å². The lowest BCUT2D eigenvalue weighted by atomic mass is 9.82. The lowest BCUT2D eigenvalue weighted by Gasteiger charge is -2.39. The zero-order chi connectivity index (χ0) is 15.3. The maximum atomic E-state index is 13.2. The Morgan fingerprint density at radius 1 is 1.19 bits per heavy atom. The molecule has 3 heteroatoms. The van der Waals surface area contributed by atoms with Gasteiger partial charge in [0.2, 0.25) is 0 Å². The van der Waals surface area contributed by atoms with Crippen LogP contribution in [0, 0.1) is 0 Å². The summed E-state index contributed by atoms with van der Waals surface area (Å²) in [5.74, 6) is 1.03. The molecule has 1 fully saturated rings. The van der Waals surface area contributed by atoms with E-state index in [2.05, 4.69) is 18.7 Å². The molecule has 3 nitrogen and oxygen atoms in total. The molecule has 21 heavy (non-hydrogen) atoms. The third kappa shape index (κ3) is 3.13. The molecule has 0 N–H and O–H groups in total. The Morgan fingerprint density at radius 3 is 2.43 bits per heavy atom. The zero-order valence-electron chi connectivity index (χ0n) is 13.5. The normalized spacial score (nSPS) is 16.1. The number of nitrogens with zero attached hydrogens (tertiary/aromatic N) is 1. The standard InChI is InChI=1S/C18H27NO2/c1-4-18(5-2,19-12-7-8-13-19)17(20)15-10-9-11-16(14-15)21-6-3/h9-11,14H,4-8,12-13H2,1-3H3. The highest BCUT2D eigenvalue weighted by Crippen LogP contribution is 2.32. The lowest BCUT2D eigenvalue weighted by Crippen LogP contribution is -2.52. The van der Waals surface area contributed by atoms with Gasteiger partial charge in [0.05, 0.1) is 12.1 Å². The van der Waals surface area contributed by atoms with Crippen LogP contribution in [0.3, 0.4) is 0 Å². The third-order valence-electron chi connectivity index (χ3n) is 4.71. The number of hydrogen-bond acceptors (Lipinski definition) is 3. The number of likely N-dealkylation sites (tertiary alicyclic amines) is 1. The van der Waals surface area contributed by atoms with Crippen molar-refractivity contribution in [2.75, 3.05) is 19.7 Å². The Labute approximate surface area is 128 Å². The van der Waals surface area contributed by atoms with E-state index < -0.39 is 0 Å². The summed E-state index contributed by atoms with van der Waals surface area (Å²) in [7, 11) is 0. The van der Waals surface area contributed by atoms with Gasteiger partial charge in [-0.25, -0.2) is 0 Å². The molecule has 0 saturated carbocycles. The van der Waals surface area contributed by atoms with Gasteiger partial charge in [0, 0.05) is 5.56 Å². The molecule has 1 aliphatic heterocycles. The van der Waals surface area contributed by atoms with E-state index in [4.69, 9.17) is 4.74 Å². The zero-order valence-corrected chi connectivity index (χ0v) is 13.5. The van der Waals surface area contributed by atoms with E-state index in [0.29, 0.717) is 6.61 Å². The average molecular weight is 289 g/mol. The number of carbonyl (C=O) groups excluding carboxylic acids is 1. The molecule has 116 valence electrons. The highest BCUT2D eigenvalue weighted by molar-refractivity contribution is 6.03. The molecule has 1 aromatic rings. The highest BCUT2D eigenvalue weighted by atomic mass is 16.5. The summed E-state index contributed by atoms with van der Waals surface area (Å²) >= 11 is 0. The maximum Gasteiger partial charge on any atom is 0.183 e. The molecule has 0 atom stereocenters. The monoisotopic (exact) mass is 289 g/mol. The molecule has 1 aromatic carbocycles. The van der Waals surface area contributed by atoms with Crippen LogP contribution in [0.15, 0.2) is 24.3 Å². The van der Waals surface area contributed by atoms with Crippen molar-refractivity contribution in [3.63, 3.8) is 0 Å². The fourth-order valence-electron chi connectivity index (χ4n) is 3.47. The Bertz CT molecular complexity index is 474. The molecular weight excluding hydrogens is 262 g/mol. The van der Waals surface area contributed by atoms with Gasteiger partial charge in [-0.05, 0) is 57.8 Å². The van der Waals surface area contributed by atoms with Crippen molar-refractivity contribution in [3.8, 4) is 5.75 Å². The molecule has 0 unspecified atom stereocenters. The fourth-order valence-corrected chi connectivity index (χ4v) is 3.47. The van der Waals surface area contributed by atoms with Crippen molar-refractivity contribution in [2.45, 2.75) is 52.0 Å². The number of ketones is 1. The van der Waals surface area contributed by atoms with Crippen LogP contribution in [-0.2, 0) is 0 Å². The Hall–Kier alpha value is -1.35. The van der Waals surface area contributed by atoms with Crippen LogP contribution in [0.1, 0.15) is 56.8 Å². The van der Waals surface area contributed by atoms with Crippen molar-refractivity contribution in [2.24, 2.45) is 0 Å². The Kier molecular flexibility index (Phi) is 5.40. The van der Waals surface area contributed by atoms with E-state index in [9.17, 15) is 4.79 Å². The number of rotatable bonds is 7. The molecule has 0 bridgehead atoms. The van der Waals surface area contributed by atoms with Crippen LogP contribution in [0.5, 0.6) is 5.75 Å². The number of Topliss-reactive ketones (excluding diaryl/α,β-unsaturated/α-hetero) is 1. The fraction of sp³-hybridized carbons (Fsp3) is 0.611. The largest absolute Gasteiger partial charge is 0.494 e. The van der Waals surface area contributed by atoms with Crippen LogP contribution in [-0.4, -0.2) is 35.9 Å². The van der Waals surface area contributed by atoms with Gasteiger partial charge in [0.25, 0.3) is 0 Å². The van der Waals surface area contributed by atoms with Gasteiger partial charge in [0.15, 0.2) is 5.78 Å². The molecule has 0 radical (unpaired) electrons. The van der Waals surface area contributed by atoms with Crippen LogP contribution in [0.25, 0.3) is 0 Å². The molecule has 0 spiro atoms. The minimum Gasteiger partial charge on any atom is -0.494 e. The van der Waals surface area contributed by atoms with Crippen molar-refractivity contribution >= 4 is 5.78 Å². The van der Waals surface area contributed by atoms with Crippen LogP contribution in [0.2, 0.25) is 0 Å². The first-order chi connectivity index (χ1) is 10.2. The SMILES string of the molecule is CCOc1cccc(C(=O)C(CC)(CC)N2CCCC2)c1. The van der Waals surface area contributed by atoms with E-state index >= 15 is 0 Å². The summed E-state index contributed by atoms with van der Waals surface area (Å²) in [5.41, 5.74) is 0.429. The maximum absolute atomic E-state index is 13.2. The number of hydrogen-bond donors (Lipinski definition) is 0. The average Bonchev–Trinajstić information content (AvgIpc) is 3.04. The molecular formula is C18H27NO2. The lowest BCUT2D eigenvalue weighted by molar-refractivity contribution is 0.0581. The quantitative estimate of drug-likeness (QED) is 0.712. The van der Waals surface area contributed by atoms with Gasteiger partial charge in [-0.1, -0.05) is 26.0 Å². The van der Waals surface area contributed by atoms with Crippen molar-refractivity contribution in [3.05, 3.63) is 29.8 Å².